The average Bonchev–Trinajstić information content (AvgIpc) is 3.69. The molecule has 1 N–H and O–H groups in total. The van der Waals surface area contributed by atoms with Gasteiger partial charge in [0.15, 0.2) is 0 Å². The molecule has 1 fully saturated rings. The fraction of sp³-hybridized carbons (Fsp3) is 0.200. The van der Waals surface area contributed by atoms with Gasteiger partial charge in [-0.05, 0) is 85.9 Å². The van der Waals surface area contributed by atoms with Gasteiger partial charge in [-0.2, -0.15) is 0 Å². The molecule has 0 spiro atoms. The fourth-order valence-electron chi connectivity index (χ4n) is 6.93. The van der Waals surface area contributed by atoms with Gasteiger partial charge in [0.05, 0.1) is 28.1 Å². The Balaban J connectivity index is 0.00000156. The van der Waals surface area contributed by atoms with Crippen LogP contribution in [-0.2, 0) is 6.54 Å². The molecule has 9 heteroatoms. The number of fused-ring (bicyclic) bond motifs is 2. The van der Waals surface area contributed by atoms with Crippen molar-refractivity contribution in [3.63, 3.8) is 0 Å². The largest absolute Gasteiger partial charge is 0.491 e. The van der Waals surface area contributed by atoms with Crippen molar-refractivity contribution in [2.24, 2.45) is 5.92 Å². The summed E-state index contributed by atoms with van der Waals surface area (Å²) in [5.74, 6) is 3.29. The topological polar surface area (TPSA) is 56.9 Å². The zero-order chi connectivity index (χ0) is 30.7. The molecule has 1 saturated heterocycles. The number of rotatable bonds is 9. The molecule has 0 aliphatic carbocycles. The molecule has 49 heavy (non-hydrogen) atoms. The third-order valence-electron chi connectivity index (χ3n) is 9.26. The standard InChI is InChI=1S/C40H37N5O.3ClH/c1-3-11-29(12-4-1)27-44-36-17-9-7-15-34(36)42-39(44)32-19-21-33(22-20-32)46-28-38(30-23-25-41-26-24-30)45-37-18-10-8-16-35(37)43-40(45)31-13-5-2-6-14-31;;;/h1-22,30,38,41H,23-28H2;3*1H/t38-;;;/m1.../s1. The molecule has 5 aromatic carbocycles. The number of piperidine rings is 1. The van der Waals surface area contributed by atoms with Crippen LogP contribution in [0.4, 0.5) is 0 Å². The van der Waals surface area contributed by atoms with Crippen molar-refractivity contribution < 1.29 is 4.74 Å². The Bertz CT molecular complexity index is 2070. The monoisotopic (exact) mass is 711 g/mol. The highest BCUT2D eigenvalue weighted by Crippen LogP contribution is 2.36. The first-order chi connectivity index (χ1) is 22.8. The number of nitrogens with one attached hydrogen (secondary N) is 1. The molecular weight excluding hydrogens is 673 g/mol. The minimum absolute atomic E-state index is 0. The highest BCUT2D eigenvalue weighted by Gasteiger charge is 2.30. The highest BCUT2D eigenvalue weighted by atomic mass is 35.5. The summed E-state index contributed by atoms with van der Waals surface area (Å²) in [5, 5.41) is 3.55. The van der Waals surface area contributed by atoms with E-state index >= 15 is 0 Å². The van der Waals surface area contributed by atoms with Crippen molar-refractivity contribution in [3.8, 4) is 28.5 Å². The van der Waals surface area contributed by atoms with Gasteiger partial charge in [-0.25, -0.2) is 9.97 Å². The van der Waals surface area contributed by atoms with Crippen LogP contribution in [0.15, 0.2) is 133 Å². The van der Waals surface area contributed by atoms with Gasteiger partial charge in [0.1, 0.15) is 24.0 Å². The molecule has 0 unspecified atom stereocenters. The molecule has 2 aromatic heterocycles. The minimum atomic E-state index is 0. The van der Waals surface area contributed by atoms with E-state index in [1.54, 1.807) is 0 Å². The summed E-state index contributed by atoms with van der Waals surface area (Å²) < 4.78 is 11.4. The number of nitrogens with zero attached hydrogens (tertiary/aromatic N) is 4. The molecule has 6 nitrogen and oxygen atoms in total. The SMILES string of the molecule is Cl.Cl.Cl.c1ccc(Cn2c(-c3ccc(OC[C@H](C4CCNCC4)n4c(-c5ccccc5)nc5ccccc54)cc3)nc3ccccc32)cc1. The maximum absolute atomic E-state index is 6.66. The van der Waals surface area contributed by atoms with Crippen LogP contribution in [0.1, 0.15) is 24.4 Å². The van der Waals surface area contributed by atoms with Gasteiger partial charge < -0.3 is 19.2 Å². The van der Waals surface area contributed by atoms with Crippen LogP contribution in [0.5, 0.6) is 5.75 Å². The lowest BCUT2D eigenvalue weighted by Gasteiger charge is -2.33. The molecule has 1 aliphatic heterocycles. The Morgan fingerprint density at radius 3 is 1.86 bits per heavy atom. The molecule has 0 amide bonds. The first-order valence-corrected chi connectivity index (χ1v) is 16.3. The molecule has 7 aromatic rings. The number of halogens is 3. The highest BCUT2D eigenvalue weighted by molar-refractivity contribution is 5.86. The number of benzene rings is 5. The maximum Gasteiger partial charge on any atom is 0.141 e. The van der Waals surface area contributed by atoms with E-state index in [2.05, 4.69) is 142 Å². The Morgan fingerprint density at radius 1 is 0.612 bits per heavy atom. The van der Waals surface area contributed by atoms with Crippen LogP contribution < -0.4 is 10.1 Å². The van der Waals surface area contributed by atoms with Crippen LogP contribution in [0, 0.1) is 5.92 Å². The average molecular weight is 713 g/mol. The first-order valence-electron chi connectivity index (χ1n) is 16.3. The predicted octanol–water partition coefficient (Wildman–Crippen LogP) is 9.65. The zero-order valence-corrected chi connectivity index (χ0v) is 29.5. The van der Waals surface area contributed by atoms with Crippen molar-refractivity contribution in [2.45, 2.75) is 25.4 Å². The normalized spacial score (nSPS) is 13.6. The Labute approximate surface area is 305 Å². The molecule has 3 heterocycles. The van der Waals surface area contributed by atoms with E-state index in [4.69, 9.17) is 14.7 Å². The van der Waals surface area contributed by atoms with Gasteiger partial charge in [0, 0.05) is 17.7 Å². The summed E-state index contributed by atoms with van der Waals surface area (Å²) >= 11 is 0. The quantitative estimate of drug-likeness (QED) is 0.162. The maximum atomic E-state index is 6.66. The Kier molecular flexibility index (Phi) is 12.0. The van der Waals surface area contributed by atoms with E-state index in [0.717, 1.165) is 83.1 Å². The van der Waals surface area contributed by atoms with Crippen LogP contribution in [0.2, 0.25) is 0 Å². The second-order valence-electron chi connectivity index (χ2n) is 12.1. The molecule has 0 radical (unpaired) electrons. The first kappa shape index (κ1) is 36.0. The summed E-state index contributed by atoms with van der Waals surface area (Å²) in [6.45, 7) is 3.37. The third kappa shape index (κ3) is 7.48. The van der Waals surface area contributed by atoms with E-state index in [9.17, 15) is 0 Å². The van der Waals surface area contributed by atoms with Gasteiger partial charge in [-0.3, -0.25) is 0 Å². The van der Waals surface area contributed by atoms with E-state index in [1.165, 1.54) is 5.56 Å². The van der Waals surface area contributed by atoms with Crippen molar-refractivity contribution in [3.05, 3.63) is 139 Å². The Hall–Kier alpha value is -4.33. The second-order valence-corrected chi connectivity index (χ2v) is 12.1. The van der Waals surface area contributed by atoms with Gasteiger partial charge in [-0.15, -0.1) is 37.2 Å². The summed E-state index contributed by atoms with van der Waals surface area (Å²) in [6.07, 6.45) is 2.21. The van der Waals surface area contributed by atoms with Gasteiger partial charge >= 0.3 is 0 Å². The number of imidazole rings is 2. The number of hydrogen-bond donors (Lipinski definition) is 1. The van der Waals surface area contributed by atoms with Crippen LogP contribution in [0.25, 0.3) is 44.8 Å². The van der Waals surface area contributed by atoms with Crippen molar-refractivity contribution in [2.75, 3.05) is 19.7 Å². The Morgan fingerprint density at radius 2 is 1.16 bits per heavy atom. The summed E-state index contributed by atoms with van der Waals surface area (Å²) in [5.41, 5.74) is 7.75. The van der Waals surface area contributed by atoms with Crippen LogP contribution in [-0.4, -0.2) is 38.8 Å². The lowest BCUT2D eigenvalue weighted by molar-refractivity contribution is 0.175. The molecule has 1 aliphatic rings. The minimum Gasteiger partial charge on any atom is -0.491 e. The van der Waals surface area contributed by atoms with Crippen LogP contribution >= 0.6 is 37.2 Å². The second kappa shape index (κ2) is 16.4. The van der Waals surface area contributed by atoms with Crippen LogP contribution in [0.3, 0.4) is 0 Å². The van der Waals surface area contributed by atoms with E-state index in [-0.39, 0.29) is 43.3 Å². The number of para-hydroxylation sites is 4. The van der Waals surface area contributed by atoms with Gasteiger partial charge in [0.25, 0.3) is 0 Å². The fourth-order valence-corrected chi connectivity index (χ4v) is 6.93. The van der Waals surface area contributed by atoms with E-state index in [0.29, 0.717) is 12.5 Å². The van der Waals surface area contributed by atoms with Crippen molar-refractivity contribution in [1.29, 1.82) is 0 Å². The lowest BCUT2D eigenvalue weighted by atomic mass is 9.90. The third-order valence-corrected chi connectivity index (χ3v) is 9.26. The predicted molar refractivity (Wildman–Crippen MR) is 208 cm³/mol. The summed E-state index contributed by atoms with van der Waals surface area (Å²) in [4.78, 5) is 10.2. The van der Waals surface area contributed by atoms with Gasteiger partial charge in [-0.1, -0.05) is 84.9 Å². The van der Waals surface area contributed by atoms with E-state index in [1.807, 2.05) is 6.07 Å². The molecule has 252 valence electrons. The lowest BCUT2D eigenvalue weighted by Crippen LogP contribution is -2.35. The smallest absolute Gasteiger partial charge is 0.141 e. The number of hydrogen-bond acceptors (Lipinski definition) is 4. The number of aromatic nitrogens is 4. The molecule has 1 atom stereocenters. The summed E-state index contributed by atoms with van der Waals surface area (Å²) in [6, 6.07) is 46.6. The molecule has 0 bridgehead atoms. The number of ether oxygens (including phenoxy) is 1. The van der Waals surface area contributed by atoms with Gasteiger partial charge in [0.2, 0.25) is 0 Å². The summed E-state index contributed by atoms with van der Waals surface area (Å²) in [7, 11) is 0. The van der Waals surface area contributed by atoms with Crippen molar-refractivity contribution in [1.82, 2.24) is 24.4 Å². The molecule has 8 rings (SSSR count). The van der Waals surface area contributed by atoms with E-state index < -0.39 is 0 Å². The molecule has 0 saturated carbocycles. The van der Waals surface area contributed by atoms with Crippen molar-refractivity contribution >= 4 is 59.3 Å². The zero-order valence-electron chi connectivity index (χ0n) is 27.0. The molecular formula is C40H40Cl3N5O.